The Bertz CT molecular complexity index is 818. The molecular formula is C18H16FN3O2. The van der Waals surface area contributed by atoms with Crippen LogP contribution in [-0.4, -0.2) is 16.1 Å². The van der Waals surface area contributed by atoms with Gasteiger partial charge in [-0.25, -0.2) is 4.39 Å². The monoisotopic (exact) mass is 325 g/mol. The molecule has 0 atom stereocenters. The van der Waals surface area contributed by atoms with Crippen molar-refractivity contribution in [2.45, 2.75) is 19.4 Å². The van der Waals surface area contributed by atoms with Crippen LogP contribution in [0.15, 0.2) is 59.0 Å². The number of halogens is 1. The summed E-state index contributed by atoms with van der Waals surface area (Å²) in [6.45, 7) is 0.157. The number of amides is 1. The summed E-state index contributed by atoms with van der Waals surface area (Å²) in [5, 5.41) is 10.6. The third kappa shape index (κ3) is 4.04. The van der Waals surface area contributed by atoms with E-state index in [1.54, 1.807) is 18.2 Å². The first-order valence-corrected chi connectivity index (χ1v) is 7.60. The summed E-state index contributed by atoms with van der Waals surface area (Å²) in [6.07, 6.45) is 0.536. The topological polar surface area (TPSA) is 68.0 Å². The molecule has 0 aliphatic carbocycles. The number of carbonyl (C=O) groups is 1. The van der Waals surface area contributed by atoms with Gasteiger partial charge in [-0.3, -0.25) is 4.79 Å². The van der Waals surface area contributed by atoms with Gasteiger partial charge in [-0.2, -0.15) is 0 Å². The molecule has 0 bridgehead atoms. The highest BCUT2D eigenvalue weighted by molar-refractivity contribution is 5.76. The fraction of sp³-hybridized carbons (Fsp3) is 0.167. The van der Waals surface area contributed by atoms with Gasteiger partial charge in [0.2, 0.25) is 17.7 Å². The zero-order valence-electron chi connectivity index (χ0n) is 12.9. The first-order valence-electron chi connectivity index (χ1n) is 7.60. The SMILES string of the molecule is O=C(CCc1nnc(-c2ccccc2)o1)NCc1ccccc1F. The zero-order valence-corrected chi connectivity index (χ0v) is 12.9. The van der Waals surface area contributed by atoms with Crippen LogP contribution in [0, 0.1) is 5.82 Å². The lowest BCUT2D eigenvalue weighted by molar-refractivity contribution is -0.121. The molecule has 0 unspecified atom stereocenters. The second-order valence-electron chi connectivity index (χ2n) is 5.24. The summed E-state index contributed by atoms with van der Waals surface area (Å²) in [5.74, 6) is 0.298. The van der Waals surface area contributed by atoms with E-state index in [1.165, 1.54) is 6.07 Å². The van der Waals surface area contributed by atoms with Crippen LogP contribution >= 0.6 is 0 Å². The average Bonchev–Trinajstić information content (AvgIpc) is 3.09. The van der Waals surface area contributed by atoms with Crippen molar-refractivity contribution < 1.29 is 13.6 Å². The van der Waals surface area contributed by atoms with Crippen molar-refractivity contribution in [2.75, 3.05) is 0 Å². The molecule has 2 aromatic carbocycles. The van der Waals surface area contributed by atoms with Gasteiger partial charge in [-0.15, -0.1) is 10.2 Å². The van der Waals surface area contributed by atoms with Gasteiger partial charge in [-0.05, 0) is 18.2 Å². The molecule has 0 spiro atoms. The second-order valence-corrected chi connectivity index (χ2v) is 5.24. The lowest BCUT2D eigenvalue weighted by Crippen LogP contribution is -2.23. The Morgan fingerprint density at radius 2 is 1.79 bits per heavy atom. The van der Waals surface area contributed by atoms with E-state index in [1.807, 2.05) is 30.3 Å². The number of benzene rings is 2. The van der Waals surface area contributed by atoms with Gasteiger partial charge in [-0.1, -0.05) is 36.4 Å². The van der Waals surface area contributed by atoms with Crippen molar-refractivity contribution in [3.05, 3.63) is 71.9 Å². The highest BCUT2D eigenvalue weighted by atomic mass is 19.1. The van der Waals surface area contributed by atoms with Gasteiger partial charge < -0.3 is 9.73 Å². The minimum atomic E-state index is -0.331. The van der Waals surface area contributed by atoms with Gasteiger partial charge in [0.05, 0.1) is 0 Å². The van der Waals surface area contributed by atoms with E-state index in [9.17, 15) is 9.18 Å². The summed E-state index contributed by atoms with van der Waals surface area (Å²) in [5.41, 5.74) is 1.29. The molecule has 0 saturated heterocycles. The van der Waals surface area contributed by atoms with Crippen molar-refractivity contribution in [1.29, 1.82) is 0 Å². The summed E-state index contributed by atoms with van der Waals surface area (Å²) < 4.78 is 19.0. The molecule has 6 heteroatoms. The van der Waals surface area contributed by atoms with E-state index in [0.717, 1.165) is 5.56 Å². The highest BCUT2D eigenvalue weighted by Crippen LogP contribution is 2.17. The molecule has 0 aliphatic heterocycles. The van der Waals surface area contributed by atoms with Crippen LogP contribution in [-0.2, 0) is 17.8 Å². The third-order valence-electron chi connectivity index (χ3n) is 3.49. The molecule has 1 heterocycles. The number of rotatable bonds is 6. The molecule has 122 valence electrons. The molecule has 5 nitrogen and oxygen atoms in total. The molecule has 0 saturated carbocycles. The minimum Gasteiger partial charge on any atom is -0.421 e. The summed E-state index contributed by atoms with van der Waals surface area (Å²) >= 11 is 0. The quantitative estimate of drug-likeness (QED) is 0.756. The maximum absolute atomic E-state index is 13.5. The van der Waals surface area contributed by atoms with Crippen LogP contribution < -0.4 is 5.32 Å². The molecule has 0 fully saturated rings. The smallest absolute Gasteiger partial charge is 0.247 e. The van der Waals surface area contributed by atoms with Gasteiger partial charge in [0.25, 0.3) is 0 Å². The predicted octanol–water partition coefficient (Wildman–Crippen LogP) is 3.12. The molecule has 3 aromatic rings. The van der Waals surface area contributed by atoms with E-state index < -0.39 is 0 Å². The Morgan fingerprint density at radius 3 is 2.58 bits per heavy atom. The van der Waals surface area contributed by atoms with E-state index in [-0.39, 0.29) is 24.7 Å². The number of carbonyl (C=O) groups excluding carboxylic acids is 1. The van der Waals surface area contributed by atoms with Crippen LogP contribution in [0.4, 0.5) is 4.39 Å². The molecule has 0 radical (unpaired) electrons. The third-order valence-corrected chi connectivity index (χ3v) is 3.49. The van der Waals surface area contributed by atoms with E-state index in [2.05, 4.69) is 15.5 Å². The van der Waals surface area contributed by atoms with Gasteiger partial charge in [0.1, 0.15) is 5.82 Å². The Balaban J connectivity index is 1.50. The summed E-state index contributed by atoms with van der Waals surface area (Å²) in [7, 11) is 0. The molecule has 0 aliphatic rings. The first-order chi connectivity index (χ1) is 11.7. The largest absolute Gasteiger partial charge is 0.421 e. The molecule has 1 amide bonds. The predicted molar refractivity (Wildman–Crippen MR) is 86.3 cm³/mol. The molecular weight excluding hydrogens is 309 g/mol. The van der Waals surface area contributed by atoms with Crippen LogP contribution in [0.1, 0.15) is 17.9 Å². The van der Waals surface area contributed by atoms with Crippen molar-refractivity contribution in [3.63, 3.8) is 0 Å². The first kappa shape index (κ1) is 15.9. The molecule has 3 rings (SSSR count). The fourth-order valence-electron chi connectivity index (χ4n) is 2.20. The maximum atomic E-state index is 13.5. The minimum absolute atomic E-state index is 0.157. The van der Waals surface area contributed by atoms with Crippen LogP contribution in [0.5, 0.6) is 0 Å². The van der Waals surface area contributed by atoms with Crippen LogP contribution in [0.25, 0.3) is 11.5 Å². The standard InChI is InChI=1S/C18H16FN3O2/c19-15-9-5-4-8-14(15)12-20-16(23)10-11-17-21-22-18(24-17)13-6-2-1-3-7-13/h1-9H,10-12H2,(H,20,23). The van der Waals surface area contributed by atoms with Crippen molar-refractivity contribution in [3.8, 4) is 11.5 Å². The van der Waals surface area contributed by atoms with E-state index in [4.69, 9.17) is 4.42 Å². The van der Waals surface area contributed by atoms with Crippen molar-refractivity contribution >= 4 is 5.91 Å². The summed E-state index contributed by atoms with van der Waals surface area (Å²) in [4.78, 5) is 11.9. The number of aryl methyl sites for hydroxylation is 1. The van der Waals surface area contributed by atoms with Crippen LogP contribution in [0.3, 0.4) is 0 Å². The van der Waals surface area contributed by atoms with Gasteiger partial charge in [0, 0.05) is 30.5 Å². The lowest BCUT2D eigenvalue weighted by atomic mass is 10.2. The highest BCUT2D eigenvalue weighted by Gasteiger charge is 2.10. The number of nitrogens with one attached hydrogen (secondary N) is 1. The van der Waals surface area contributed by atoms with Crippen molar-refractivity contribution in [1.82, 2.24) is 15.5 Å². The Labute approximate surface area is 138 Å². The Hall–Kier alpha value is -3.02. The second kappa shape index (κ2) is 7.50. The number of hydrogen-bond acceptors (Lipinski definition) is 4. The normalized spacial score (nSPS) is 10.5. The Morgan fingerprint density at radius 1 is 1.04 bits per heavy atom. The number of nitrogens with zero attached hydrogens (tertiary/aromatic N) is 2. The van der Waals surface area contributed by atoms with Crippen molar-refractivity contribution in [2.24, 2.45) is 0 Å². The van der Waals surface area contributed by atoms with Gasteiger partial charge in [0.15, 0.2) is 0 Å². The van der Waals surface area contributed by atoms with Gasteiger partial charge >= 0.3 is 0 Å². The number of hydrogen-bond donors (Lipinski definition) is 1. The van der Waals surface area contributed by atoms with E-state index in [0.29, 0.717) is 23.8 Å². The summed E-state index contributed by atoms with van der Waals surface area (Å²) in [6, 6.07) is 15.8. The van der Waals surface area contributed by atoms with Crippen LogP contribution in [0.2, 0.25) is 0 Å². The zero-order chi connectivity index (χ0) is 16.8. The molecule has 1 N–H and O–H groups in total. The van der Waals surface area contributed by atoms with E-state index >= 15 is 0 Å². The Kier molecular flexibility index (Phi) is 4.96. The number of aromatic nitrogens is 2. The average molecular weight is 325 g/mol. The molecule has 24 heavy (non-hydrogen) atoms. The molecule has 1 aromatic heterocycles. The maximum Gasteiger partial charge on any atom is 0.247 e. The fourth-order valence-corrected chi connectivity index (χ4v) is 2.20. The lowest BCUT2D eigenvalue weighted by Gasteiger charge is -2.05.